The molecule has 1 aliphatic rings. The van der Waals surface area contributed by atoms with E-state index in [1.165, 1.54) is 17.7 Å². The van der Waals surface area contributed by atoms with Gasteiger partial charge in [0.2, 0.25) is 5.91 Å². The average Bonchev–Trinajstić information content (AvgIpc) is 2.67. The van der Waals surface area contributed by atoms with Gasteiger partial charge in [0.1, 0.15) is 5.82 Å². The number of carbonyl (C=O) groups is 2. The van der Waals surface area contributed by atoms with Crippen LogP contribution < -0.4 is 10.9 Å². The van der Waals surface area contributed by atoms with E-state index in [4.69, 9.17) is 0 Å². The summed E-state index contributed by atoms with van der Waals surface area (Å²) in [5.74, 6) is -1.27. The predicted molar refractivity (Wildman–Crippen MR) is 97.7 cm³/mol. The zero-order valence-corrected chi connectivity index (χ0v) is 14.5. The van der Waals surface area contributed by atoms with Crippen LogP contribution in [0.2, 0.25) is 0 Å². The second-order valence-corrected chi connectivity index (χ2v) is 6.56. The van der Waals surface area contributed by atoms with Crippen molar-refractivity contribution in [2.45, 2.75) is 25.7 Å². The zero-order valence-electron chi connectivity index (χ0n) is 14.5. The molecule has 0 bridgehead atoms. The predicted octanol–water partition coefficient (Wildman–Crippen LogP) is 3.73. The number of allylic oxidation sites excluding steroid dienone is 2. The van der Waals surface area contributed by atoms with Gasteiger partial charge in [0, 0.05) is 5.56 Å². The van der Waals surface area contributed by atoms with Gasteiger partial charge in [-0.1, -0.05) is 42.0 Å². The summed E-state index contributed by atoms with van der Waals surface area (Å²) in [7, 11) is 0. The third-order valence-electron chi connectivity index (χ3n) is 4.72. The number of nitrogens with one attached hydrogen (secondary N) is 2. The van der Waals surface area contributed by atoms with Crippen LogP contribution >= 0.6 is 0 Å². The molecule has 3 rings (SSSR count). The summed E-state index contributed by atoms with van der Waals surface area (Å²) < 4.78 is 13.2. The van der Waals surface area contributed by atoms with Gasteiger partial charge < -0.3 is 0 Å². The number of hydrogen-bond donors (Lipinski definition) is 2. The minimum Gasteiger partial charge on any atom is -0.273 e. The molecule has 2 aromatic carbocycles. The fraction of sp³-hybridized carbons (Fsp3) is 0.238. The largest absolute Gasteiger partial charge is 0.273 e. The first-order valence-electron chi connectivity index (χ1n) is 8.61. The van der Waals surface area contributed by atoms with Crippen LogP contribution in [0.5, 0.6) is 0 Å². The first-order valence-corrected chi connectivity index (χ1v) is 8.61. The third-order valence-corrected chi connectivity index (χ3v) is 4.72. The van der Waals surface area contributed by atoms with Crippen LogP contribution in [0.15, 0.2) is 66.2 Å². The summed E-state index contributed by atoms with van der Waals surface area (Å²) in [4.78, 5) is 24.8. The standard InChI is InChI=1S/C21H21FN2O2/c1-14-7-12-18(19(13-14)15-8-10-17(22)11-9-15)21(26)24-23-20(25)16-5-3-2-4-6-16/h2-11,18-19H,12-13H2,1H3,(H,23,25)(H,24,26)/t18-,19-/m0/s1. The van der Waals surface area contributed by atoms with Gasteiger partial charge in [-0.3, -0.25) is 20.4 Å². The van der Waals surface area contributed by atoms with Crippen molar-refractivity contribution in [1.29, 1.82) is 0 Å². The molecule has 0 aromatic heterocycles. The molecule has 0 radical (unpaired) electrons. The Bertz CT molecular complexity index is 816. The fourth-order valence-corrected chi connectivity index (χ4v) is 3.29. The minimum absolute atomic E-state index is 0.0470. The van der Waals surface area contributed by atoms with Crippen molar-refractivity contribution < 1.29 is 14.0 Å². The fourth-order valence-electron chi connectivity index (χ4n) is 3.29. The maximum absolute atomic E-state index is 13.2. The van der Waals surface area contributed by atoms with Crippen molar-refractivity contribution >= 4 is 11.8 Å². The molecule has 2 aromatic rings. The molecule has 2 N–H and O–H groups in total. The minimum atomic E-state index is -0.361. The highest BCUT2D eigenvalue weighted by atomic mass is 19.1. The Kier molecular flexibility index (Phi) is 5.46. The number of halogens is 1. The van der Waals surface area contributed by atoms with E-state index in [1.54, 1.807) is 36.4 Å². The molecule has 0 saturated carbocycles. The second-order valence-electron chi connectivity index (χ2n) is 6.56. The van der Waals surface area contributed by atoms with Gasteiger partial charge >= 0.3 is 0 Å². The molecule has 0 unspecified atom stereocenters. The summed E-state index contributed by atoms with van der Waals surface area (Å²) >= 11 is 0. The molecule has 2 atom stereocenters. The molecule has 0 fully saturated rings. The van der Waals surface area contributed by atoms with Gasteiger partial charge in [0.05, 0.1) is 5.92 Å². The number of hydrogen-bond acceptors (Lipinski definition) is 2. The van der Waals surface area contributed by atoms with Crippen LogP contribution in [0.1, 0.15) is 41.6 Å². The Balaban J connectivity index is 1.69. The number of rotatable bonds is 3. The molecule has 26 heavy (non-hydrogen) atoms. The monoisotopic (exact) mass is 352 g/mol. The Labute approximate surface area is 152 Å². The van der Waals surface area contributed by atoms with Crippen molar-refractivity contribution in [3.05, 3.63) is 83.2 Å². The highest BCUT2D eigenvalue weighted by Gasteiger charge is 2.32. The normalized spacial score (nSPS) is 19.4. The van der Waals surface area contributed by atoms with Crippen molar-refractivity contribution in [2.24, 2.45) is 5.92 Å². The number of hydrazine groups is 1. The number of benzene rings is 2. The molecule has 5 heteroatoms. The maximum Gasteiger partial charge on any atom is 0.269 e. The molecule has 134 valence electrons. The van der Waals surface area contributed by atoms with Crippen LogP contribution in [0.4, 0.5) is 4.39 Å². The van der Waals surface area contributed by atoms with Crippen LogP contribution in [0.3, 0.4) is 0 Å². The lowest BCUT2D eigenvalue weighted by Gasteiger charge is -2.30. The SMILES string of the molecule is CC1=CC[C@H](C(=O)NNC(=O)c2ccccc2)[C@H](c2ccc(F)cc2)C1. The first-order chi connectivity index (χ1) is 12.5. The van der Waals surface area contributed by atoms with Gasteiger partial charge in [-0.05, 0) is 55.5 Å². The van der Waals surface area contributed by atoms with Crippen molar-refractivity contribution in [3.8, 4) is 0 Å². The smallest absolute Gasteiger partial charge is 0.269 e. The van der Waals surface area contributed by atoms with Crippen molar-refractivity contribution in [2.75, 3.05) is 0 Å². The number of carbonyl (C=O) groups excluding carboxylic acids is 2. The Morgan fingerprint density at radius 1 is 1.00 bits per heavy atom. The van der Waals surface area contributed by atoms with Crippen LogP contribution in [-0.2, 0) is 4.79 Å². The van der Waals surface area contributed by atoms with Crippen LogP contribution in [0, 0.1) is 11.7 Å². The van der Waals surface area contributed by atoms with E-state index in [-0.39, 0.29) is 29.5 Å². The molecule has 0 saturated heterocycles. The summed E-state index contributed by atoms with van der Waals surface area (Å²) in [6.45, 7) is 2.03. The molecular formula is C21H21FN2O2. The highest BCUT2D eigenvalue weighted by Crippen LogP contribution is 2.37. The van der Waals surface area contributed by atoms with E-state index in [2.05, 4.69) is 10.9 Å². The summed E-state index contributed by atoms with van der Waals surface area (Å²) in [6, 6.07) is 15.0. The van der Waals surface area contributed by atoms with E-state index in [0.29, 0.717) is 12.0 Å². The molecule has 1 aliphatic carbocycles. The van der Waals surface area contributed by atoms with E-state index < -0.39 is 0 Å². The van der Waals surface area contributed by atoms with E-state index in [1.807, 2.05) is 19.1 Å². The second kappa shape index (κ2) is 7.95. The van der Waals surface area contributed by atoms with Gasteiger partial charge in [0.15, 0.2) is 0 Å². The van der Waals surface area contributed by atoms with Gasteiger partial charge in [-0.2, -0.15) is 0 Å². The molecule has 0 spiro atoms. The molecule has 2 amide bonds. The first kappa shape index (κ1) is 17.9. The molecule has 0 aliphatic heterocycles. The van der Waals surface area contributed by atoms with Crippen molar-refractivity contribution in [1.82, 2.24) is 10.9 Å². The van der Waals surface area contributed by atoms with Crippen molar-refractivity contribution in [3.63, 3.8) is 0 Å². The van der Waals surface area contributed by atoms with E-state index in [9.17, 15) is 14.0 Å². The van der Waals surface area contributed by atoms with E-state index in [0.717, 1.165) is 12.0 Å². The van der Waals surface area contributed by atoms with E-state index >= 15 is 0 Å². The van der Waals surface area contributed by atoms with Crippen LogP contribution in [0.25, 0.3) is 0 Å². The van der Waals surface area contributed by atoms with Gasteiger partial charge in [-0.15, -0.1) is 0 Å². The van der Waals surface area contributed by atoms with Crippen LogP contribution in [-0.4, -0.2) is 11.8 Å². The van der Waals surface area contributed by atoms with Gasteiger partial charge in [0.25, 0.3) is 5.91 Å². The topological polar surface area (TPSA) is 58.2 Å². The van der Waals surface area contributed by atoms with Gasteiger partial charge in [-0.25, -0.2) is 4.39 Å². The molecule has 0 heterocycles. The lowest BCUT2D eigenvalue weighted by molar-refractivity contribution is -0.126. The lowest BCUT2D eigenvalue weighted by Crippen LogP contribution is -2.46. The summed E-state index contributed by atoms with van der Waals surface area (Å²) in [6.07, 6.45) is 3.36. The number of amides is 2. The third kappa shape index (κ3) is 4.17. The lowest BCUT2D eigenvalue weighted by atomic mass is 9.75. The Morgan fingerprint density at radius 3 is 2.38 bits per heavy atom. The zero-order chi connectivity index (χ0) is 18.5. The quantitative estimate of drug-likeness (QED) is 0.653. The Morgan fingerprint density at radius 2 is 1.69 bits per heavy atom. The summed E-state index contributed by atoms with van der Waals surface area (Å²) in [5.41, 5.74) is 7.61. The maximum atomic E-state index is 13.2. The molecule has 4 nitrogen and oxygen atoms in total. The molecular weight excluding hydrogens is 331 g/mol. The highest BCUT2D eigenvalue weighted by molar-refractivity contribution is 5.95. The summed E-state index contributed by atoms with van der Waals surface area (Å²) in [5, 5.41) is 0. The Hall–Kier alpha value is -2.95. The average molecular weight is 352 g/mol.